The van der Waals surface area contributed by atoms with Crippen molar-refractivity contribution < 1.29 is 9.53 Å². The van der Waals surface area contributed by atoms with Gasteiger partial charge in [0.1, 0.15) is 0 Å². The smallest absolute Gasteiger partial charge is 0.241 e. The number of morpholine rings is 1. The Balaban J connectivity index is 2.03. The van der Waals surface area contributed by atoms with E-state index in [9.17, 15) is 4.79 Å². The molecule has 106 valence electrons. The Morgan fingerprint density at radius 2 is 2.00 bits per heavy atom. The zero-order valence-corrected chi connectivity index (χ0v) is 12.1. The van der Waals surface area contributed by atoms with Crippen LogP contribution in [0.5, 0.6) is 0 Å². The van der Waals surface area contributed by atoms with Gasteiger partial charge in [-0.05, 0) is 20.8 Å². The van der Waals surface area contributed by atoms with E-state index in [0.717, 1.165) is 30.2 Å². The molecule has 0 aromatic carbocycles. The number of aromatic nitrogens is 2. The van der Waals surface area contributed by atoms with Crippen molar-refractivity contribution in [2.45, 2.75) is 26.8 Å². The normalized spacial score (nSPS) is 18.3. The number of anilines is 1. The Hall–Kier alpha value is -1.40. The van der Waals surface area contributed by atoms with E-state index in [0.29, 0.717) is 13.2 Å². The van der Waals surface area contributed by atoms with Crippen molar-refractivity contribution in [3.8, 4) is 0 Å². The number of hydrogen-bond acceptors (Lipinski definition) is 4. The van der Waals surface area contributed by atoms with Gasteiger partial charge in [0.2, 0.25) is 5.91 Å². The van der Waals surface area contributed by atoms with E-state index in [1.165, 1.54) is 0 Å². The van der Waals surface area contributed by atoms with E-state index < -0.39 is 0 Å². The molecular formula is C13H22N4O2. The Kier molecular flexibility index (Phi) is 4.21. The van der Waals surface area contributed by atoms with Gasteiger partial charge in [0.25, 0.3) is 0 Å². The standard InChI is InChI=1S/C13H22N4O2/c1-9-12(10(2)16(4)15-9)14-13(18)11(3)17-5-7-19-8-6-17/h11H,5-8H2,1-4H3,(H,14,18). The van der Waals surface area contributed by atoms with Crippen molar-refractivity contribution in [2.75, 3.05) is 31.6 Å². The minimum absolute atomic E-state index is 0.0149. The lowest BCUT2D eigenvalue weighted by Gasteiger charge is -2.31. The van der Waals surface area contributed by atoms with Crippen LogP contribution in [0.25, 0.3) is 0 Å². The lowest BCUT2D eigenvalue weighted by Crippen LogP contribution is -2.47. The van der Waals surface area contributed by atoms with Gasteiger partial charge in [-0.25, -0.2) is 0 Å². The summed E-state index contributed by atoms with van der Waals surface area (Å²) in [7, 11) is 1.88. The quantitative estimate of drug-likeness (QED) is 0.875. The highest BCUT2D eigenvalue weighted by atomic mass is 16.5. The molecule has 1 saturated heterocycles. The van der Waals surface area contributed by atoms with E-state index in [1.54, 1.807) is 4.68 Å². The topological polar surface area (TPSA) is 59.4 Å². The van der Waals surface area contributed by atoms with Crippen LogP contribution in [0.1, 0.15) is 18.3 Å². The molecule has 1 aliphatic heterocycles. The van der Waals surface area contributed by atoms with Gasteiger partial charge in [0.05, 0.1) is 36.3 Å². The molecule has 19 heavy (non-hydrogen) atoms. The van der Waals surface area contributed by atoms with Crippen LogP contribution >= 0.6 is 0 Å². The molecule has 1 fully saturated rings. The molecule has 6 heteroatoms. The highest BCUT2D eigenvalue weighted by molar-refractivity contribution is 5.95. The highest BCUT2D eigenvalue weighted by Gasteiger charge is 2.24. The van der Waals surface area contributed by atoms with Crippen molar-refractivity contribution in [1.82, 2.24) is 14.7 Å². The van der Waals surface area contributed by atoms with E-state index in [2.05, 4.69) is 15.3 Å². The third kappa shape index (κ3) is 2.96. The predicted molar refractivity (Wildman–Crippen MR) is 73.2 cm³/mol. The molecule has 2 rings (SSSR count). The lowest BCUT2D eigenvalue weighted by atomic mass is 10.2. The van der Waals surface area contributed by atoms with Crippen LogP contribution in [-0.2, 0) is 16.6 Å². The van der Waals surface area contributed by atoms with E-state index >= 15 is 0 Å². The maximum absolute atomic E-state index is 12.3. The first kappa shape index (κ1) is 14.0. The predicted octanol–water partition coefficient (Wildman–Crippen LogP) is 0.696. The van der Waals surface area contributed by atoms with E-state index in [4.69, 9.17) is 4.74 Å². The van der Waals surface area contributed by atoms with Crippen LogP contribution < -0.4 is 5.32 Å². The fourth-order valence-corrected chi connectivity index (χ4v) is 2.31. The number of nitrogens with zero attached hydrogens (tertiary/aromatic N) is 3. The fraction of sp³-hybridized carbons (Fsp3) is 0.692. The molecule has 0 spiro atoms. The van der Waals surface area contributed by atoms with Crippen molar-refractivity contribution in [1.29, 1.82) is 0 Å². The number of hydrogen-bond donors (Lipinski definition) is 1. The zero-order chi connectivity index (χ0) is 14.0. The monoisotopic (exact) mass is 266 g/mol. The summed E-state index contributed by atoms with van der Waals surface area (Å²) in [5.74, 6) is 0.0149. The van der Waals surface area contributed by atoms with Gasteiger partial charge in [0, 0.05) is 20.1 Å². The molecule has 0 radical (unpaired) electrons. The van der Waals surface area contributed by atoms with Crippen molar-refractivity contribution in [3.63, 3.8) is 0 Å². The molecule has 0 aliphatic carbocycles. The average Bonchev–Trinajstić information content (AvgIpc) is 2.65. The van der Waals surface area contributed by atoms with Crippen LogP contribution in [0.4, 0.5) is 5.69 Å². The molecule has 0 saturated carbocycles. The molecule has 2 heterocycles. The van der Waals surface area contributed by atoms with Gasteiger partial charge >= 0.3 is 0 Å². The Morgan fingerprint density at radius 3 is 2.53 bits per heavy atom. The highest BCUT2D eigenvalue weighted by Crippen LogP contribution is 2.19. The summed E-state index contributed by atoms with van der Waals surface area (Å²) in [5, 5.41) is 7.30. The summed E-state index contributed by atoms with van der Waals surface area (Å²) in [5.41, 5.74) is 2.65. The molecule has 1 aromatic heterocycles. The number of amides is 1. The summed E-state index contributed by atoms with van der Waals surface area (Å²) in [6.45, 7) is 8.79. The van der Waals surface area contributed by atoms with Gasteiger partial charge in [-0.1, -0.05) is 0 Å². The Morgan fingerprint density at radius 1 is 1.37 bits per heavy atom. The Labute approximate surface area is 113 Å². The van der Waals surface area contributed by atoms with Gasteiger partial charge in [-0.3, -0.25) is 14.4 Å². The number of rotatable bonds is 3. The molecule has 1 N–H and O–H groups in total. The molecular weight excluding hydrogens is 244 g/mol. The second kappa shape index (κ2) is 5.71. The molecule has 1 atom stereocenters. The molecule has 1 aliphatic rings. The largest absolute Gasteiger partial charge is 0.379 e. The first-order valence-corrected chi connectivity index (χ1v) is 6.63. The van der Waals surface area contributed by atoms with Gasteiger partial charge in [-0.2, -0.15) is 5.10 Å². The van der Waals surface area contributed by atoms with E-state index in [1.807, 2.05) is 27.8 Å². The zero-order valence-electron chi connectivity index (χ0n) is 12.1. The number of ether oxygens (including phenoxy) is 1. The molecule has 0 bridgehead atoms. The summed E-state index contributed by atoms with van der Waals surface area (Å²) < 4.78 is 7.08. The maximum atomic E-state index is 12.3. The second-order valence-electron chi connectivity index (χ2n) is 4.98. The summed E-state index contributed by atoms with van der Waals surface area (Å²) in [6.07, 6.45) is 0. The van der Waals surface area contributed by atoms with Gasteiger partial charge in [-0.15, -0.1) is 0 Å². The van der Waals surface area contributed by atoms with Crippen LogP contribution in [0, 0.1) is 13.8 Å². The van der Waals surface area contributed by atoms with Crippen LogP contribution in [-0.4, -0.2) is 52.9 Å². The Bertz CT molecular complexity index is 463. The summed E-state index contributed by atoms with van der Waals surface area (Å²) in [6, 6.07) is -0.150. The first-order chi connectivity index (χ1) is 9.00. The second-order valence-corrected chi connectivity index (χ2v) is 4.98. The minimum atomic E-state index is -0.150. The summed E-state index contributed by atoms with van der Waals surface area (Å²) >= 11 is 0. The van der Waals surface area contributed by atoms with Crippen molar-refractivity contribution in [2.24, 2.45) is 7.05 Å². The molecule has 1 aromatic rings. The van der Waals surface area contributed by atoms with Gasteiger partial charge in [0.15, 0.2) is 0 Å². The van der Waals surface area contributed by atoms with Crippen molar-refractivity contribution >= 4 is 11.6 Å². The SMILES string of the molecule is Cc1nn(C)c(C)c1NC(=O)C(C)N1CCOCC1. The maximum Gasteiger partial charge on any atom is 0.241 e. The fourth-order valence-electron chi connectivity index (χ4n) is 2.31. The number of nitrogens with one attached hydrogen (secondary N) is 1. The third-order valence-corrected chi connectivity index (χ3v) is 3.73. The molecule has 1 unspecified atom stereocenters. The van der Waals surface area contributed by atoms with Crippen LogP contribution in [0.15, 0.2) is 0 Å². The van der Waals surface area contributed by atoms with Crippen LogP contribution in [0.2, 0.25) is 0 Å². The third-order valence-electron chi connectivity index (χ3n) is 3.73. The number of carbonyl (C=O) groups excluding carboxylic acids is 1. The number of carbonyl (C=O) groups is 1. The minimum Gasteiger partial charge on any atom is -0.379 e. The number of aryl methyl sites for hydroxylation is 2. The van der Waals surface area contributed by atoms with Crippen LogP contribution in [0.3, 0.4) is 0 Å². The van der Waals surface area contributed by atoms with Crippen molar-refractivity contribution in [3.05, 3.63) is 11.4 Å². The molecule has 6 nitrogen and oxygen atoms in total. The average molecular weight is 266 g/mol. The first-order valence-electron chi connectivity index (χ1n) is 6.63. The molecule has 1 amide bonds. The van der Waals surface area contributed by atoms with Gasteiger partial charge < -0.3 is 10.1 Å². The van der Waals surface area contributed by atoms with E-state index in [-0.39, 0.29) is 11.9 Å². The lowest BCUT2D eigenvalue weighted by molar-refractivity contribution is -0.122. The summed E-state index contributed by atoms with van der Waals surface area (Å²) in [4.78, 5) is 14.4.